The number of rotatable bonds is 18. The monoisotopic (exact) mass is 730 g/mol. The van der Waals surface area contributed by atoms with Gasteiger partial charge in [0.15, 0.2) is 58.2 Å². The lowest BCUT2D eigenvalue weighted by molar-refractivity contribution is 0.0121. The van der Waals surface area contributed by atoms with Crippen LogP contribution in [-0.2, 0) is 0 Å². The highest BCUT2D eigenvalue weighted by molar-refractivity contribution is 5.63. The van der Waals surface area contributed by atoms with Crippen molar-refractivity contribution in [2.24, 2.45) is 0 Å². The molecule has 282 valence electrons. The zero-order valence-electron chi connectivity index (χ0n) is 30.4. The standard InChI is InChI=1S/C41H46O12/c1-46-31-14-11-28(22-35(31)48-3)40(38(24-45)51-32-13-10-25(8-6-16-42)19-34(32)47-2)52-33-15-12-27(21-36(33)49-4)39-30(23-44)29-18-26(9-7-17-43)20-37(50-5)41(29)53-39/h6-15,18-22,30,38-40,42-45H,16-17,23-24H2,1-5H3/b8-6+,9-7+/t30-,38-,39+,40+/m0/s1. The minimum absolute atomic E-state index is 0.106. The van der Waals surface area contributed by atoms with Gasteiger partial charge in [-0.25, -0.2) is 0 Å². The van der Waals surface area contributed by atoms with E-state index in [2.05, 4.69) is 0 Å². The average molecular weight is 731 g/mol. The van der Waals surface area contributed by atoms with Gasteiger partial charge in [0, 0.05) is 11.1 Å². The van der Waals surface area contributed by atoms with Crippen LogP contribution in [0.15, 0.2) is 78.9 Å². The van der Waals surface area contributed by atoms with E-state index >= 15 is 0 Å². The number of aliphatic hydroxyl groups is 4. The van der Waals surface area contributed by atoms with E-state index in [4.69, 9.17) is 37.9 Å². The highest BCUT2D eigenvalue weighted by atomic mass is 16.6. The SMILES string of the molecule is COc1ccc([C@@H](Oc2ccc([C@H]3Oc4c(OC)cc(/C=C/CO)cc4[C@@H]3CO)cc2OC)[C@H](CO)Oc2ccc(/C=C/CO)cc2OC)cc1OC. The van der Waals surface area contributed by atoms with Gasteiger partial charge in [0.05, 0.1) is 67.9 Å². The van der Waals surface area contributed by atoms with Gasteiger partial charge in [-0.15, -0.1) is 0 Å². The highest BCUT2D eigenvalue weighted by Gasteiger charge is 2.38. The summed E-state index contributed by atoms with van der Waals surface area (Å²) in [5.74, 6) is 3.07. The van der Waals surface area contributed by atoms with E-state index in [0.29, 0.717) is 51.6 Å². The van der Waals surface area contributed by atoms with Gasteiger partial charge in [-0.1, -0.05) is 42.5 Å². The normalized spacial score (nSPS) is 16.2. The predicted molar refractivity (Wildman–Crippen MR) is 199 cm³/mol. The van der Waals surface area contributed by atoms with Gasteiger partial charge < -0.3 is 58.3 Å². The maximum atomic E-state index is 10.8. The molecule has 0 saturated carbocycles. The average Bonchev–Trinajstić information content (AvgIpc) is 3.58. The third kappa shape index (κ3) is 8.64. The third-order valence-electron chi connectivity index (χ3n) is 8.85. The van der Waals surface area contributed by atoms with Crippen LogP contribution in [0.1, 0.15) is 45.9 Å². The van der Waals surface area contributed by atoms with E-state index in [1.54, 1.807) is 87.1 Å². The Morgan fingerprint density at radius 2 is 1.19 bits per heavy atom. The first-order chi connectivity index (χ1) is 25.9. The van der Waals surface area contributed by atoms with Gasteiger partial charge in [-0.2, -0.15) is 0 Å². The summed E-state index contributed by atoms with van der Waals surface area (Å²) < 4.78 is 47.6. The van der Waals surface area contributed by atoms with Crippen LogP contribution >= 0.6 is 0 Å². The van der Waals surface area contributed by atoms with Crippen LogP contribution in [0.3, 0.4) is 0 Å². The number of hydrogen-bond acceptors (Lipinski definition) is 12. The van der Waals surface area contributed by atoms with Crippen molar-refractivity contribution < 1.29 is 58.3 Å². The molecule has 4 N–H and O–H groups in total. The summed E-state index contributed by atoms with van der Waals surface area (Å²) in [6, 6.07) is 19.7. The maximum Gasteiger partial charge on any atom is 0.165 e. The van der Waals surface area contributed by atoms with Crippen LogP contribution in [0.5, 0.6) is 46.0 Å². The zero-order chi connectivity index (χ0) is 37.9. The maximum absolute atomic E-state index is 10.8. The predicted octanol–water partition coefficient (Wildman–Crippen LogP) is 5.51. The van der Waals surface area contributed by atoms with Crippen molar-refractivity contribution in [1.29, 1.82) is 0 Å². The highest BCUT2D eigenvalue weighted by Crippen LogP contribution is 2.52. The van der Waals surface area contributed by atoms with Crippen molar-refractivity contribution in [3.05, 3.63) is 107 Å². The van der Waals surface area contributed by atoms with E-state index in [1.165, 1.54) is 21.3 Å². The largest absolute Gasteiger partial charge is 0.493 e. The summed E-state index contributed by atoms with van der Waals surface area (Å²) in [6.45, 7) is -0.865. The molecule has 0 spiro atoms. The molecule has 0 bridgehead atoms. The smallest absolute Gasteiger partial charge is 0.165 e. The molecule has 5 rings (SSSR count). The van der Waals surface area contributed by atoms with Gasteiger partial charge in [0.1, 0.15) is 6.10 Å². The molecule has 0 fully saturated rings. The molecule has 12 heteroatoms. The molecule has 1 aliphatic rings. The Labute approximate surface area is 309 Å². The number of ether oxygens (including phenoxy) is 8. The van der Waals surface area contributed by atoms with Crippen molar-refractivity contribution in [3.8, 4) is 46.0 Å². The van der Waals surface area contributed by atoms with Crippen LogP contribution in [0.25, 0.3) is 12.2 Å². The van der Waals surface area contributed by atoms with Crippen molar-refractivity contribution in [2.45, 2.75) is 24.2 Å². The fourth-order valence-electron chi connectivity index (χ4n) is 6.27. The van der Waals surface area contributed by atoms with Gasteiger partial charge in [-0.05, 0) is 65.2 Å². The Morgan fingerprint density at radius 3 is 1.83 bits per heavy atom. The Kier molecular flexibility index (Phi) is 13.5. The lowest BCUT2D eigenvalue weighted by Crippen LogP contribution is -2.33. The lowest BCUT2D eigenvalue weighted by atomic mass is 9.90. The summed E-state index contributed by atoms with van der Waals surface area (Å²) in [5.41, 5.74) is 3.70. The molecule has 0 aliphatic carbocycles. The Hall–Kier alpha value is -5.40. The fraction of sp³-hybridized carbons (Fsp3) is 0.317. The van der Waals surface area contributed by atoms with E-state index < -0.39 is 30.8 Å². The van der Waals surface area contributed by atoms with Crippen LogP contribution in [0.2, 0.25) is 0 Å². The van der Waals surface area contributed by atoms with E-state index in [9.17, 15) is 20.4 Å². The first-order valence-electron chi connectivity index (χ1n) is 16.9. The van der Waals surface area contributed by atoms with Gasteiger partial charge in [0.2, 0.25) is 0 Å². The molecule has 0 saturated heterocycles. The van der Waals surface area contributed by atoms with Crippen LogP contribution in [-0.4, -0.2) is 88.5 Å². The molecule has 4 aromatic carbocycles. The minimum Gasteiger partial charge on any atom is -0.493 e. The summed E-state index contributed by atoms with van der Waals surface area (Å²) in [5, 5.41) is 39.8. The van der Waals surface area contributed by atoms with Gasteiger partial charge in [0.25, 0.3) is 0 Å². The number of methoxy groups -OCH3 is 5. The molecular weight excluding hydrogens is 684 g/mol. The second-order valence-electron chi connectivity index (χ2n) is 12.0. The van der Waals surface area contributed by atoms with E-state index in [1.807, 2.05) is 18.2 Å². The molecule has 0 aromatic heterocycles. The number of fused-ring (bicyclic) bond motifs is 1. The first kappa shape index (κ1) is 38.8. The number of aliphatic hydroxyl groups excluding tert-OH is 4. The molecule has 4 aromatic rings. The molecule has 1 aliphatic heterocycles. The summed E-state index contributed by atoms with van der Waals surface area (Å²) in [6.07, 6.45) is 4.31. The van der Waals surface area contributed by atoms with Crippen LogP contribution in [0, 0.1) is 0 Å². The topological polar surface area (TPSA) is 155 Å². The van der Waals surface area contributed by atoms with Crippen molar-refractivity contribution in [2.75, 3.05) is 62.0 Å². The number of hydrogen-bond donors (Lipinski definition) is 4. The quantitative estimate of drug-likeness (QED) is 0.102. The van der Waals surface area contributed by atoms with Crippen LogP contribution < -0.4 is 37.9 Å². The molecule has 12 nitrogen and oxygen atoms in total. The lowest BCUT2D eigenvalue weighted by Gasteiger charge is -2.29. The minimum atomic E-state index is -0.960. The second kappa shape index (κ2) is 18.4. The molecule has 4 atom stereocenters. The molecule has 1 heterocycles. The Morgan fingerprint density at radius 1 is 0.604 bits per heavy atom. The molecule has 53 heavy (non-hydrogen) atoms. The van der Waals surface area contributed by atoms with Crippen molar-refractivity contribution in [3.63, 3.8) is 0 Å². The zero-order valence-corrected chi connectivity index (χ0v) is 30.4. The third-order valence-corrected chi connectivity index (χ3v) is 8.85. The molecular formula is C41H46O12. The first-order valence-corrected chi connectivity index (χ1v) is 16.9. The number of benzene rings is 4. The molecule has 0 radical (unpaired) electrons. The fourth-order valence-corrected chi connectivity index (χ4v) is 6.27. The summed E-state index contributed by atoms with van der Waals surface area (Å²) in [4.78, 5) is 0. The van der Waals surface area contributed by atoms with Crippen molar-refractivity contribution in [1.82, 2.24) is 0 Å². The van der Waals surface area contributed by atoms with Crippen molar-refractivity contribution >= 4 is 12.2 Å². The summed E-state index contributed by atoms with van der Waals surface area (Å²) >= 11 is 0. The van der Waals surface area contributed by atoms with Gasteiger partial charge in [-0.3, -0.25) is 0 Å². The summed E-state index contributed by atoms with van der Waals surface area (Å²) in [7, 11) is 7.66. The second-order valence-corrected chi connectivity index (χ2v) is 12.0. The van der Waals surface area contributed by atoms with E-state index in [0.717, 1.165) is 22.3 Å². The van der Waals surface area contributed by atoms with Crippen LogP contribution in [0.4, 0.5) is 0 Å². The van der Waals surface area contributed by atoms with E-state index in [-0.39, 0.29) is 19.8 Å². The Bertz CT molecular complexity index is 1890. The molecule has 0 unspecified atom stereocenters. The van der Waals surface area contributed by atoms with Gasteiger partial charge >= 0.3 is 0 Å². The Balaban J connectivity index is 1.52. The molecule has 0 amide bonds.